The summed E-state index contributed by atoms with van der Waals surface area (Å²) in [5.41, 5.74) is 2.29. The lowest BCUT2D eigenvalue weighted by molar-refractivity contribution is -0.131. The van der Waals surface area contributed by atoms with Crippen molar-refractivity contribution in [2.45, 2.75) is 45.3 Å². The van der Waals surface area contributed by atoms with Gasteiger partial charge in [-0.3, -0.25) is 24.1 Å². The number of carbonyl (C=O) groups is 4. The van der Waals surface area contributed by atoms with E-state index in [1.165, 1.54) is 4.90 Å². The minimum atomic E-state index is -0.820. The predicted molar refractivity (Wildman–Crippen MR) is 137 cm³/mol. The molecule has 12 nitrogen and oxygen atoms in total. The SMILES string of the molecule is CC(C)[C@H](NC(=O)Cc1ccccc1)C(=O)NCC(=O)N1c2ccccc2C[C@H]1C(=O)NCc1nn[nH]n1. The molecule has 1 aromatic heterocycles. The van der Waals surface area contributed by atoms with E-state index < -0.39 is 23.9 Å². The first-order chi connectivity index (χ1) is 18.3. The van der Waals surface area contributed by atoms with Crippen LogP contribution in [-0.4, -0.2) is 62.9 Å². The second-order valence-corrected chi connectivity index (χ2v) is 9.33. The lowest BCUT2D eigenvalue weighted by Gasteiger charge is -2.26. The number of benzene rings is 2. The number of carbonyl (C=O) groups excluding carboxylic acids is 4. The Morgan fingerprint density at radius 3 is 2.47 bits per heavy atom. The number of tetrazole rings is 1. The van der Waals surface area contributed by atoms with Crippen molar-refractivity contribution in [1.82, 2.24) is 36.6 Å². The van der Waals surface area contributed by atoms with E-state index >= 15 is 0 Å². The minimum absolute atomic E-state index is 0.0553. The van der Waals surface area contributed by atoms with Gasteiger partial charge >= 0.3 is 0 Å². The van der Waals surface area contributed by atoms with Gasteiger partial charge in [-0.2, -0.15) is 5.21 Å². The number of hydrogen-bond acceptors (Lipinski definition) is 7. The Morgan fingerprint density at radius 2 is 1.76 bits per heavy atom. The summed E-state index contributed by atoms with van der Waals surface area (Å²) >= 11 is 0. The van der Waals surface area contributed by atoms with Crippen molar-refractivity contribution in [3.63, 3.8) is 0 Å². The van der Waals surface area contributed by atoms with Crippen molar-refractivity contribution < 1.29 is 19.2 Å². The van der Waals surface area contributed by atoms with E-state index in [2.05, 4.69) is 36.6 Å². The zero-order valence-corrected chi connectivity index (χ0v) is 21.2. The number of aromatic nitrogens is 4. The average Bonchev–Trinajstić information content (AvgIpc) is 3.57. The van der Waals surface area contributed by atoms with Crippen molar-refractivity contribution in [1.29, 1.82) is 0 Å². The van der Waals surface area contributed by atoms with Crippen LogP contribution in [0.4, 0.5) is 5.69 Å². The highest BCUT2D eigenvalue weighted by atomic mass is 16.2. The molecular weight excluding hydrogens is 488 g/mol. The molecule has 0 bridgehead atoms. The van der Waals surface area contributed by atoms with E-state index in [1.807, 2.05) is 56.3 Å². The Kier molecular flexibility index (Phi) is 8.41. The molecule has 0 saturated carbocycles. The molecule has 0 aliphatic carbocycles. The largest absolute Gasteiger partial charge is 0.347 e. The molecule has 198 valence electrons. The van der Waals surface area contributed by atoms with E-state index in [0.717, 1.165) is 11.1 Å². The zero-order valence-electron chi connectivity index (χ0n) is 21.2. The molecule has 2 heterocycles. The number of H-pyrrole nitrogens is 1. The molecule has 4 amide bonds. The molecule has 4 rings (SSSR count). The average molecular weight is 519 g/mol. The third kappa shape index (κ3) is 6.38. The van der Waals surface area contributed by atoms with Crippen LogP contribution in [0.1, 0.15) is 30.8 Å². The molecule has 4 N–H and O–H groups in total. The van der Waals surface area contributed by atoms with Crippen molar-refractivity contribution in [2.24, 2.45) is 5.92 Å². The first-order valence-corrected chi connectivity index (χ1v) is 12.3. The maximum atomic E-state index is 13.3. The summed E-state index contributed by atoms with van der Waals surface area (Å²) in [6.07, 6.45) is 0.472. The van der Waals surface area contributed by atoms with Gasteiger partial charge in [0.15, 0.2) is 5.82 Å². The van der Waals surface area contributed by atoms with Gasteiger partial charge in [-0.25, -0.2) is 0 Å². The molecule has 2 atom stereocenters. The third-order valence-corrected chi connectivity index (χ3v) is 6.24. The van der Waals surface area contributed by atoms with Gasteiger partial charge in [-0.15, -0.1) is 10.2 Å². The molecule has 12 heteroatoms. The van der Waals surface area contributed by atoms with Gasteiger partial charge in [0.1, 0.15) is 12.1 Å². The summed E-state index contributed by atoms with van der Waals surface area (Å²) < 4.78 is 0. The molecular formula is C26H30N8O4. The molecule has 0 radical (unpaired) electrons. The highest BCUT2D eigenvalue weighted by Crippen LogP contribution is 2.32. The highest BCUT2D eigenvalue weighted by molar-refractivity contribution is 6.05. The normalized spacial score (nSPS) is 15.0. The van der Waals surface area contributed by atoms with Gasteiger partial charge in [0.2, 0.25) is 23.6 Å². The summed E-state index contributed by atoms with van der Waals surface area (Å²) in [5, 5.41) is 21.6. The lowest BCUT2D eigenvalue weighted by Crippen LogP contribution is -2.54. The summed E-state index contributed by atoms with van der Waals surface area (Å²) in [6.45, 7) is 3.35. The summed E-state index contributed by atoms with van der Waals surface area (Å²) in [5.74, 6) is -1.47. The Bertz CT molecular complexity index is 1280. The van der Waals surface area contributed by atoms with Crippen LogP contribution in [0.5, 0.6) is 0 Å². The number of amides is 4. The number of anilines is 1. The molecule has 0 fully saturated rings. The highest BCUT2D eigenvalue weighted by Gasteiger charge is 2.38. The fraction of sp³-hybridized carbons (Fsp3) is 0.346. The Balaban J connectivity index is 1.39. The van der Waals surface area contributed by atoms with Crippen LogP contribution in [0, 0.1) is 5.92 Å². The van der Waals surface area contributed by atoms with Gasteiger partial charge in [0, 0.05) is 12.1 Å². The van der Waals surface area contributed by atoms with Gasteiger partial charge in [0.25, 0.3) is 0 Å². The second-order valence-electron chi connectivity index (χ2n) is 9.33. The van der Waals surface area contributed by atoms with Crippen molar-refractivity contribution in [3.8, 4) is 0 Å². The van der Waals surface area contributed by atoms with Crippen molar-refractivity contribution in [2.75, 3.05) is 11.4 Å². The minimum Gasteiger partial charge on any atom is -0.347 e. The fourth-order valence-corrected chi connectivity index (χ4v) is 4.34. The summed E-state index contributed by atoms with van der Waals surface area (Å²) in [6, 6.07) is 14.9. The summed E-state index contributed by atoms with van der Waals surface area (Å²) in [7, 11) is 0. The smallest absolute Gasteiger partial charge is 0.247 e. The number of aromatic amines is 1. The Hall–Kier alpha value is -4.61. The number of fused-ring (bicyclic) bond motifs is 1. The molecule has 3 aromatic rings. The van der Waals surface area contributed by atoms with Crippen LogP contribution in [0.15, 0.2) is 54.6 Å². The number of nitrogens with zero attached hydrogens (tertiary/aromatic N) is 4. The zero-order chi connectivity index (χ0) is 27.1. The molecule has 38 heavy (non-hydrogen) atoms. The molecule has 0 unspecified atom stereocenters. The number of nitrogens with one attached hydrogen (secondary N) is 4. The van der Waals surface area contributed by atoms with Gasteiger partial charge in [0.05, 0.1) is 19.5 Å². The first-order valence-electron chi connectivity index (χ1n) is 12.3. The molecule has 0 spiro atoms. The second kappa shape index (κ2) is 12.1. The van der Waals surface area contributed by atoms with Gasteiger partial charge in [-0.05, 0) is 23.1 Å². The number of rotatable bonds is 10. The molecule has 0 saturated heterocycles. The van der Waals surface area contributed by atoms with Gasteiger partial charge < -0.3 is 16.0 Å². The Morgan fingerprint density at radius 1 is 1.03 bits per heavy atom. The standard InChI is InChI=1S/C26H30N8O4/c1-16(2)24(29-22(35)12-17-8-4-3-5-9-17)26(38)28-15-23(36)34-19-11-7-6-10-18(19)13-20(34)25(37)27-14-21-30-32-33-31-21/h3-11,16,20,24H,12-15H2,1-2H3,(H,27,37)(H,28,38)(H,29,35)(H,30,31,32,33)/t20-,24-/m0/s1. The van der Waals surface area contributed by atoms with Crippen molar-refractivity contribution >= 4 is 29.3 Å². The van der Waals surface area contributed by atoms with Crippen LogP contribution >= 0.6 is 0 Å². The number of hydrogen-bond donors (Lipinski definition) is 4. The van der Waals surface area contributed by atoms with E-state index in [-0.39, 0.29) is 37.2 Å². The Labute approximate surface area is 219 Å². The van der Waals surface area contributed by atoms with Crippen LogP contribution in [0.3, 0.4) is 0 Å². The van der Waals surface area contributed by atoms with E-state index in [4.69, 9.17) is 0 Å². The van der Waals surface area contributed by atoms with Crippen LogP contribution in [-0.2, 0) is 38.6 Å². The monoisotopic (exact) mass is 518 g/mol. The quantitative estimate of drug-likeness (QED) is 0.299. The fourth-order valence-electron chi connectivity index (χ4n) is 4.34. The lowest BCUT2D eigenvalue weighted by atomic mass is 10.0. The molecule has 1 aliphatic heterocycles. The van der Waals surface area contributed by atoms with E-state index in [0.29, 0.717) is 17.9 Å². The molecule has 2 aromatic carbocycles. The maximum absolute atomic E-state index is 13.3. The van der Waals surface area contributed by atoms with Crippen LogP contribution < -0.4 is 20.9 Å². The summed E-state index contributed by atoms with van der Waals surface area (Å²) in [4.78, 5) is 53.3. The van der Waals surface area contributed by atoms with E-state index in [1.54, 1.807) is 12.1 Å². The predicted octanol–water partition coefficient (Wildman–Crippen LogP) is 0.274. The maximum Gasteiger partial charge on any atom is 0.247 e. The van der Waals surface area contributed by atoms with E-state index in [9.17, 15) is 19.2 Å². The first kappa shape index (κ1) is 26.5. The van der Waals surface area contributed by atoms with Crippen LogP contribution in [0.25, 0.3) is 0 Å². The molecule has 1 aliphatic rings. The topological polar surface area (TPSA) is 162 Å². The van der Waals surface area contributed by atoms with Gasteiger partial charge in [-0.1, -0.05) is 67.6 Å². The van der Waals surface area contributed by atoms with Crippen LogP contribution in [0.2, 0.25) is 0 Å². The number of para-hydroxylation sites is 1. The van der Waals surface area contributed by atoms with Crippen molar-refractivity contribution in [3.05, 3.63) is 71.5 Å². The third-order valence-electron chi connectivity index (χ3n) is 6.24.